The molecule has 0 N–H and O–H groups in total. The molecule has 0 atom stereocenters. The molecule has 0 aromatic carbocycles. The number of carbonyl (C=O) groups is 2. The van der Waals surface area contributed by atoms with Crippen LogP contribution in [0.15, 0.2) is 25.3 Å². The lowest BCUT2D eigenvalue weighted by Crippen LogP contribution is -2.10. The highest BCUT2D eigenvalue weighted by molar-refractivity contribution is 5.69. The number of unbranched alkanes of at least 4 members (excludes halogenated alkanes) is 7. The lowest BCUT2D eigenvalue weighted by molar-refractivity contribution is -0.143. The second-order valence-corrected chi connectivity index (χ2v) is 8.21. The molecule has 0 aromatic heterocycles. The molecule has 1 aliphatic carbocycles. The number of carbonyl (C=O) groups excluding carboxylic acids is 2. The van der Waals surface area contributed by atoms with E-state index in [0.717, 1.165) is 25.2 Å². The van der Waals surface area contributed by atoms with Crippen molar-refractivity contribution >= 4 is 11.9 Å². The minimum atomic E-state index is -0.0918. The largest absolute Gasteiger partial charge is 0.461 e. The standard InChI is InChI=1S/C14H26O2.C12H20O2/c1-3-5-6-7-8-9-10-11-12-14(15)16-13-4-2;1-2-10-14-12(13)9-8-11-6-4-3-5-7-11/h4H,2-3,5-13H2,1H3;2,11H,1,3-10H2. The molecule has 0 bridgehead atoms. The zero-order chi connectivity index (χ0) is 22.3. The predicted molar refractivity (Wildman–Crippen MR) is 125 cm³/mol. The molecular formula is C26H46O4. The highest BCUT2D eigenvalue weighted by Crippen LogP contribution is 2.27. The lowest BCUT2D eigenvalue weighted by atomic mass is 9.86. The van der Waals surface area contributed by atoms with Crippen LogP contribution in [0.5, 0.6) is 0 Å². The fourth-order valence-electron chi connectivity index (χ4n) is 3.65. The van der Waals surface area contributed by atoms with Gasteiger partial charge in [0.25, 0.3) is 0 Å². The second-order valence-electron chi connectivity index (χ2n) is 8.21. The van der Waals surface area contributed by atoms with E-state index in [1.165, 1.54) is 70.6 Å². The Labute approximate surface area is 185 Å². The smallest absolute Gasteiger partial charge is 0.306 e. The van der Waals surface area contributed by atoms with Gasteiger partial charge in [-0.05, 0) is 18.8 Å². The maximum Gasteiger partial charge on any atom is 0.306 e. The van der Waals surface area contributed by atoms with E-state index in [1.54, 1.807) is 12.2 Å². The van der Waals surface area contributed by atoms with Crippen LogP contribution in [-0.4, -0.2) is 25.2 Å². The summed E-state index contributed by atoms with van der Waals surface area (Å²) < 4.78 is 9.82. The van der Waals surface area contributed by atoms with E-state index in [9.17, 15) is 9.59 Å². The fraction of sp³-hybridized carbons (Fsp3) is 0.769. The normalized spacial score (nSPS) is 13.6. The molecule has 0 aliphatic heterocycles. The van der Waals surface area contributed by atoms with Crippen LogP contribution in [0.25, 0.3) is 0 Å². The minimum Gasteiger partial charge on any atom is -0.461 e. The van der Waals surface area contributed by atoms with Gasteiger partial charge < -0.3 is 9.47 Å². The summed E-state index contributed by atoms with van der Waals surface area (Å²) in [6.45, 7) is 9.93. The molecule has 4 heteroatoms. The topological polar surface area (TPSA) is 52.6 Å². The maximum atomic E-state index is 11.2. The Balaban J connectivity index is 0.000000564. The quantitative estimate of drug-likeness (QED) is 0.148. The van der Waals surface area contributed by atoms with Crippen molar-refractivity contribution in [2.24, 2.45) is 5.92 Å². The van der Waals surface area contributed by atoms with Gasteiger partial charge in [0.05, 0.1) is 0 Å². The van der Waals surface area contributed by atoms with Crippen LogP contribution in [-0.2, 0) is 19.1 Å². The van der Waals surface area contributed by atoms with Gasteiger partial charge in [0.15, 0.2) is 0 Å². The van der Waals surface area contributed by atoms with Gasteiger partial charge in [0.2, 0.25) is 0 Å². The zero-order valence-electron chi connectivity index (χ0n) is 19.5. The van der Waals surface area contributed by atoms with E-state index >= 15 is 0 Å². The van der Waals surface area contributed by atoms with Crippen LogP contribution in [0.2, 0.25) is 0 Å². The molecule has 0 saturated heterocycles. The average Bonchev–Trinajstić information content (AvgIpc) is 2.77. The summed E-state index contributed by atoms with van der Waals surface area (Å²) in [4.78, 5) is 22.3. The first kappa shape index (κ1) is 28.4. The molecule has 0 amide bonds. The van der Waals surface area contributed by atoms with Gasteiger partial charge in [0, 0.05) is 12.8 Å². The van der Waals surface area contributed by atoms with Gasteiger partial charge in [-0.1, -0.05) is 109 Å². The van der Waals surface area contributed by atoms with Crippen LogP contribution in [0.1, 0.15) is 110 Å². The molecule has 0 spiro atoms. The van der Waals surface area contributed by atoms with Crippen molar-refractivity contribution in [3.8, 4) is 0 Å². The van der Waals surface area contributed by atoms with Gasteiger partial charge in [-0.15, -0.1) is 0 Å². The monoisotopic (exact) mass is 422 g/mol. The Hall–Kier alpha value is -1.58. The molecule has 1 aliphatic rings. The first-order valence-corrected chi connectivity index (χ1v) is 12.2. The minimum absolute atomic E-state index is 0.0736. The fourth-order valence-corrected chi connectivity index (χ4v) is 3.65. The van der Waals surface area contributed by atoms with Gasteiger partial charge in [0.1, 0.15) is 13.2 Å². The number of hydrogen-bond acceptors (Lipinski definition) is 4. The van der Waals surface area contributed by atoms with Crippen molar-refractivity contribution in [3.63, 3.8) is 0 Å². The first-order valence-electron chi connectivity index (χ1n) is 12.2. The van der Waals surface area contributed by atoms with Gasteiger partial charge >= 0.3 is 11.9 Å². The molecule has 4 nitrogen and oxygen atoms in total. The molecule has 30 heavy (non-hydrogen) atoms. The number of esters is 2. The summed E-state index contributed by atoms with van der Waals surface area (Å²) >= 11 is 0. The number of hydrogen-bond donors (Lipinski definition) is 0. The van der Waals surface area contributed by atoms with Crippen molar-refractivity contribution in [2.45, 2.75) is 110 Å². The SMILES string of the molecule is C=CCOC(=O)CCC1CCCCC1.C=CCOC(=O)CCCCCCCCCC. The Morgan fingerprint density at radius 3 is 1.80 bits per heavy atom. The summed E-state index contributed by atoms with van der Waals surface area (Å²) in [6, 6.07) is 0. The highest BCUT2D eigenvalue weighted by Gasteiger charge is 2.14. The van der Waals surface area contributed by atoms with E-state index in [0.29, 0.717) is 26.1 Å². The summed E-state index contributed by atoms with van der Waals surface area (Å²) in [7, 11) is 0. The van der Waals surface area contributed by atoms with E-state index in [2.05, 4.69) is 20.1 Å². The molecule has 0 heterocycles. The van der Waals surface area contributed by atoms with Crippen molar-refractivity contribution in [1.82, 2.24) is 0 Å². The summed E-state index contributed by atoms with van der Waals surface area (Å²) in [5.41, 5.74) is 0. The Morgan fingerprint density at radius 2 is 1.27 bits per heavy atom. The predicted octanol–water partition coefficient (Wildman–Crippen LogP) is 7.32. The van der Waals surface area contributed by atoms with Crippen LogP contribution in [0.4, 0.5) is 0 Å². The van der Waals surface area contributed by atoms with Crippen LogP contribution >= 0.6 is 0 Å². The van der Waals surface area contributed by atoms with Crippen LogP contribution < -0.4 is 0 Å². The Kier molecular flexibility index (Phi) is 20.9. The molecule has 1 saturated carbocycles. The summed E-state index contributed by atoms with van der Waals surface area (Å²) in [5, 5.41) is 0. The van der Waals surface area contributed by atoms with Crippen LogP contribution in [0.3, 0.4) is 0 Å². The molecule has 0 aromatic rings. The second kappa shape index (κ2) is 22.1. The van der Waals surface area contributed by atoms with Gasteiger partial charge in [-0.2, -0.15) is 0 Å². The molecule has 1 rings (SSSR count). The van der Waals surface area contributed by atoms with E-state index < -0.39 is 0 Å². The van der Waals surface area contributed by atoms with Crippen molar-refractivity contribution < 1.29 is 19.1 Å². The van der Waals surface area contributed by atoms with Crippen molar-refractivity contribution in [3.05, 3.63) is 25.3 Å². The third-order valence-corrected chi connectivity index (χ3v) is 5.44. The van der Waals surface area contributed by atoms with E-state index in [1.807, 2.05) is 0 Å². The van der Waals surface area contributed by atoms with Gasteiger partial charge in [-0.3, -0.25) is 9.59 Å². The van der Waals surface area contributed by atoms with E-state index in [4.69, 9.17) is 9.47 Å². The summed E-state index contributed by atoms with van der Waals surface area (Å²) in [5.74, 6) is 0.599. The highest BCUT2D eigenvalue weighted by atomic mass is 16.5. The summed E-state index contributed by atoms with van der Waals surface area (Å²) in [6.07, 6.45) is 22.0. The maximum absolute atomic E-state index is 11.2. The number of ether oxygens (including phenoxy) is 2. The van der Waals surface area contributed by atoms with E-state index in [-0.39, 0.29) is 11.9 Å². The third kappa shape index (κ3) is 19.7. The Morgan fingerprint density at radius 1 is 0.767 bits per heavy atom. The molecule has 1 fully saturated rings. The zero-order valence-corrected chi connectivity index (χ0v) is 19.5. The average molecular weight is 423 g/mol. The Bertz CT molecular complexity index is 438. The van der Waals surface area contributed by atoms with Crippen LogP contribution in [0, 0.1) is 5.92 Å². The molecular weight excluding hydrogens is 376 g/mol. The molecule has 174 valence electrons. The molecule has 0 unspecified atom stereocenters. The lowest BCUT2D eigenvalue weighted by Gasteiger charge is -2.20. The van der Waals surface area contributed by atoms with Crippen molar-refractivity contribution in [2.75, 3.05) is 13.2 Å². The first-order chi connectivity index (χ1) is 14.6. The van der Waals surface area contributed by atoms with Gasteiger partial charge in [-0.25, -0.2) is 0 Å². The third-order valence-electron chi connectivity index (χ3n) is 5.44. The molecule has 0 radical (unpaired) electrons. The number of rotatable bonds is 16. The van der Waals surface area contributed by atoms with Crippen molar-refractivity contribution in [1.29, 1.82) is 0 Å².